The maximum Gasteiger partial charge on any atom is 0.255 e. The summed E-state index contributed by atoms with van der Waals surface area (Å²) in [5.74, 6) is -1.51. The van der Waals surface area contributed by atoms with E-state index in [1.807, 2.05) is 24.3 Å². The van der Waals surface area contributed by atoms with Crippen molar-refractivity contribution in [2.75, 3.05) is 6.54 Å². The lowest BCUT2D eigenvalue weighted by atomic mass is 9.96. The summed E-state index contributed by atoms with van der Waals surface area (Å²) in [6, 6.07) is 10.7. The van der Waals surface area contributed by atoms with E-state index in [9.17, 15) is 19.4 Å². The Bertz CT molecular complexity index is 732. The van der Waals surface area contributed by atoms with E-state index in [0.717, 1.165) is 35.7 Å². The molecule has 5 heteroatoms. The number of benzene rings is 2. The Morgan fingerprint density at radius 3 is 2.86 bits per heavy atom. The number of aromatic hydroxyl groups is 1. The Morgan fingerprint density at radius 1 is 1.27 bits per heavy atom. The van der Waals surface area contributed by atoms with Gasteiger partial charge < -0.3 is 15.5 Å². The first kappa shape index (κ1) is 14.5. The van der Waals surface area contributed by atoms with Gasteiger partial charge in [0.2, 0.25) is 0 Å². The van der Waals surface area contributed by atoms with Crippen LogP contribution >= 0.6 is 0 Å². The predicted molar refractivity (Wildman–Crippen MR) is 79.1 cm³/mol. The third-order valence-electron chi connectivity index (χ3n) is 4.07. The lowest BCUT2D eigenvalue weighted by molar-refractivity contribution is 0.0369. The SMILES string of the molecule is O=C(NCC1(O)CCc2ccccc21)c1cc(F)ccc1O. The van der Waals surface area contributed by atoms with Crippen molar-refractivity contribution in [3.8, 4) is 5.75 Å². The molecular weight excluding hydrogens is 285 g/mol. The zero-order chi connectivity index (χ0) is 15.7. The number of aliphatic hydroxyl groups is 1. The summed E-state index contributed by atoms with van der Waals surface area (Å²) in [5, 5.41) is 22.9. The Balaban J connectivity index is 1.76. The highest BCUT2D eigenvalue weighted by atomic mass is 19.1. The standard InChI is InChI=1S/C17H16FNO3/c18-12-5-6-15(20)13(9-12)16(21)19-10-17(22)8-7-11-3-1-2-4-14(11)17/h1-6,9,20,22H,7-8,10H2,(H,19,21). The van der Waals surface area contributed by atoms with Crippen LogP contribution in [-0.2, 0) is 12.0 Å². The summed E-state index contributed by atoms with van der Waals surface area (Å²) >= 11 is 0. The summed E-state index contributed by atoms with van der Waals surface area (Å²) < 4.78 is 13.2. The molecule has 0 radical (unpaired) electrons. The Kier molecular flexibility index (Phi) is 3.58. The first-order chi connectivity index (χ1) is 10.5. The lowest BCUT2D eigenvalue weighted by Gasteiger charge is -2.24. The van der Waals surface area contributed by atoms with Crippen LogP contribution in [0.25, 0.3) is 0 Å². The molecule has 3 N–H and O–H groups in total. The third-order valence-corrected chi connectivity index (χ3v) is 4.07. The van der Waals surface area contributed by atoms with E-state index in [0.29, 0.717) is 6.42 Å². The van der Waals surface area contributed by atoms with Crippen LogP contribution < -0.4 is 5.32 Å². The number of carbonyl (C=O) groups is 1. The molecule has 1 amide bonds. The molecule has 3 rings (SSSR count). The number of aryl methyl sites for hydroxylation is 1. The zero-order valence-corrected chi connectivity index (χ0v) is 11.8. The summed E-state index contributed by atoms with van der Waals surface area (Å²) in [6.45, 7) is 0.0127. The van der Waals surface area contributed by atoms with Crippen molar-refractivity contribution in [3.63, 3.8) is 0 Å². The maximum atomic E-state index is 13.2. The van der Waals surface area contributed by atoms with E-state index >= 15 is 0 Å². The maximum absolute atomic E-state index is 13.2. The van der Waals surface area contributed by atoms with Crippen molar-refractivity contribution in [2.24, 2.45) is 0 Å². The van der Waals surface area contributed by atoms with Crippen LogP contribution in [0.2, 0.25) is 0 Å². The van der Waals surface area contributed by atoms with Crippen molar-refractivity contribution in [3.05, 3.63) is 65.0 Å². The Labute approximate surface area is 127 Å². The van der Waals surface area contributed by atoms with E-state index in [4.69, 9.17) is 0 Å². The summed E-state index contributed by atoms with van der Waals surface area (Å²) in [5.41, 5.74) is 0.594. The number of rotatable bonds is 3. The van der Waals surface area contributed by atoms with Crippen LogP contribution in [0.3, 0.4) is 0 Å². The molecule has 0 fully saturated rings. The van der Waals surface area contributed by atoms with Crippen molar-refractivity contribution >= 4 is 5.91 Å². The first-order valence-electron chi connectivity index (χ1n) is 7.07. The highest BCUT2D eigenvalue weighted by Crippen LogP contribution is 2.36. The molecule has 0 bridgehead atoms. The minimum absolute atomic E-state index is 0.0127. The molecule has 1 unspecified atom stereocenters. The average molecular weight is 301 g/mol. The molecule has 0 saturated heterocycles. The number of nitrogens with one attached hydrogen (secondary N) is 1. The van der Waals surface area contributed by atoms with Crippen LogP contribution in [0.1, 0.15) is 27.9 Å². The smallest absolute Gasteiger partial charge is 0.255 e. The molecule has 1 aliphatic carbocycles. The van der Waals surface area contributed by atoms with Gasteiger partial charge in [-0.25, -0.2) is 4.39 Å². The van der Waals surface area contributed by atoms with Gasteiger partial charge >= 0.3 is 0 Å². The third kappa shape index (κ3) is 2.55. The quantitative estimate of drug-likeness (QED) is 0.813. The average Bonchev–Trinajstić information content (AvgIpc) is 2.86. The molecule has 1 atom stereocenters. The fraction of sp³-hybridized carbons (Fsp3) is 0.235. The van der Waals surface area contributed by atoms with Crippen molar-refractivity contribution < 1.29 is 19.4 Å². The second kappa shape index (κ2) is 5.42. The van der Waals surface area contributed by atoms with E-state index in [2.05, 4.69) is 5.32 Å². The number of hydrogen-bond acceptors (Lipinski definition) is 3. The van der Waals surface area contributed by atoms with E-state index in [1.54, 1.807) is 0 Å². The molecule has 2 aromatic rings. The second-order valence-electron chi connectivity index (χ2n) is 5.53. The van der Waals surface area contributed by atoms with Crippen LogP contribution in [0.15, 0.2) is 42.5 Å². The lowest BCUT2D eigenvalue weighted by Crippen LogP contribution is -2.39. The summed E-state index contributed by atoms with van der Waals surface area (Å²) in [6.07, 6.45) is 1.26. The van der Waals surface area contributed by atoms with Crippen molar-refractivity contribution in [1.29, 1.82) is 0 Å². The Hall–Kier alpha value is -2.40. The fourth-order valence-corrected chi connectivity index (χ4v) is 2.86. The van der Waals surface area contributed by atoms with Crippen LogP contribution in [0.4, 0.5) is 4.39 Å². The second-order valence-corrected chi connectivity index (χ2v) is 5.53. The predicted octanol–water partition coefficient (Wildman–Crippen LogP) is 2.10. The van der Waals surface area contributed by atoms with E-state index in [1.165, 1.54) is 0 Å². The van der Waals surface area contributed by atoms with E-state index < -0.39 is 17.3 Å². The molecule has 0 aromatic heterocycles. The fourth-order valence-electron chi connectivity index (χ4n) is 2.86. The number of phenols is 1. The van der Waals surface area contributed by atoms with Gasteiger partial charge in [0.15, 0.2) is 0 Å². The van der Waals surface area contributed by atoms with Gasteiger partial charge in [0.05, 0.1) is 12.1 Å². The molecular formula is C17H16FNO3. The van der Waals surface area contributed by atoms with Crippen LogP contribution in [0.5, 0.6) is 5.75 Å². The number of hydrogen-bond donors (Lipinski definition) is 3. The molecule has 0 spiro atoms. The molecule has 0 saturated carbocycles. The minimum Gasteiger partial charge on any atom is -0.507 e. The van der Waals surface area contributed by atoms with Crippen LogP contribution in [-0.4, -0.2) is 22.7 Å². The minimum atomic E-state index is -1.13. The largest absolute Gasteiger partial charge is 0.507 e. The molecule has 22 heavy (non-hydrogen) atoms. The molecule has 0 aliphatic heterocycles. The molecule has 114 valence electrons. The summed E-state index contributed by atoms with van der Waals surface area (Å²) in [4.78, 5) is 12.1. The Morgan fingerprint density at radius 2 is 2.05 bits per heavy atom. The van der Waals surface area contributed by atoms with Gasteiger partial charge in [0.25, 0.3) is 5.91 Å². The number of halogens is 1. The highest BCUT2D eigenvalue weighted by Gasteiger charge is 2.36. The number of fused-ring (bicyclic) bond motifs is 1. The molecule has 1 aliphatic rings. The van der Waals surface area contributed by atoms with Crippen molar-refractivity contribution in [1.82, 2.24) is 5.32 Å². The topological polar surface area (TPSA) is 69.6 Å². The van der Waals surface area contributed by atoms with Gasteiger partial charge in [-0.1, -0.05) is 24.3 Å². The molecule has 4 nitrogen and oxygen atoms in total. The number of carbonyl (C=O) groups excluding carboxylic acids is 1. The van der Waals surface area contributed by atoms with Crippen LogP contribution in [0, 0.1) is 5.82 Å². The van der Waals surface area contributed by atoms with E-state index in [-0.39, 0.29) is 17.9 Å². The van der Waals surface area contributed by atoms with Gasteiger partial charge in [0.1, 0.15) is 17.2 Å². The molecule has 2 aromatic carbocycles. The van der Waals surface area contributed by atoms with Gasteiger partial charge in [-0.05, 0) is 42.2 Å². The number of amides is 1. The molecule has 0 heterocycles. The highest BCUT2D eigenvalue weighted by molar-refractivity contribution is 5.96. The van der Waals surface area contributed by atoms with Gasteiger partial charge in [-0.15, -0.1) is 0 Å². The zero-order valence-electron chi connectivity index (χ0n) is 11.8. The first-order valence-corrected chi connectivity index (χ1v) is 7.07. The van der Waals surface area contributed by atoms with Gasteiger partial charge in [-0.3, -0.25) is 4.79 Å². The number of phenolic OH excluding ortho intramolecular Hbond substituents is 1. The summed E-state index contributed by atoms with van der Waals surface area (Å²) in [7, 11) is 0. The normalized spacial score (nSPS) is 19.7. The van der Waals surface area contributed by atoms with Gasteiger partial charge in [-0.2, -0.15) is 0 Å². The van der Waals surface area contributed by atoms with Crippen molar-refractivity contribution in [2.45, 2.75) is 18.4 Å². The monoisotopic (exact) mass is 301 g/mol. The van der Waals surface area contributed by atoms with Gasteiger partial charge in [0, 0.05) is 0 Å².